The maximum atomic E-state index is 5.26. The summed E-state index contributed by atoms with van der Waals surface area (Å²) in [6.07, 6.45) is 4.01. The van der Waals surface area contributed by atoms with Gasteiger partial charge in [0.05, 0.1) is 0 Å². The average molecular weight is 135 g/mol. The second-order valence-electron chi connectivity index (χ2n) is 2.90. The molecule has 3 N–H and O–H groups in total. The van der Waals surface area contributed by atoms with Gasteiger partial charge < -0.3 is 0 Å². The summed E-state index contributed by atoms with van der Waals surface area (Å²) in [6.45, 7) is 0. The van der Waals surface area contributed by atoms with Crippen LogP contribution in [-0.4, -0.2) is 5.54 Å². The molecule has 0 saturated heterocycles. The van der Waals surface area contributed by atoms with Crippen molar-refractivity contribution in [2.75, 3.05) is 0 Å². The molecule has 48 valence electrons. The van der Waals surface area contributed by atoms with Crippen LogP contribution >= 0.6 is 12.4 Å². The topological polar surface area (TPSA) is 38.0 Å². The van der Waals surface area contributed by atoms with Gasteiger partial charge in [0.25, 0.3) is 0 Å². The minimum Gasteiger partial charge on any atom is -0.271 e. The lowest BCUT2D eigenvalue weighted by Crippen LogP contribution is -2.68. The highest BCUT2D eigenvalue weighted by atomic mass is 35.5. The van der Waals surface area contributed by atoms with E-state index in [0.29, 0.717) is 5.54 Å². The van der Waals surface area contributed by atoms with Crippen LogP contribution in [0.15, 0.2) is 0 Å². The fourth-order valence-corrected chi connectivity index (χ4v) is 1.66. The lowest BCUT2D eigenvalue weighted by Gasteiger charge is -2.61. The van der Waals surface area contributed by atoms with Crippen molar-refractivity contribution in [2.45, 2.75) is 24.8 Å². The Morgan fingerprint density at radius 3 is 1.88 bits per heavy atom. The predicted molar refractivity (Wildman–Crippen MR) is 34.6 cm³/mol. The Morgan fingerprint density at radius 1 is 1.38 bits per heavy atom. The number of hydrogen-bond donors (Lipinski definition) is 2. The van der Waals surface area contributed by atoms with E-state index in [-0.39, 0.29) is 12.4 Å². The smallest absolute Gasteiger partial charge is 0.0329 e. The third-order valence-corrected chi connectivity index (χ3v) is 2.34. The highest BCUT2D eigenvalue weighted by Gasteiger charge is 2.55. The molecule has 0 heterocycles. The molecule has 0 unspecified atom stereocenters. The van der Waals surface area contributed by atoms with E-state index >= 15 is 0 Å². The van der Waals surface area contributed by atoms with Gasteiger partial charge in [-0.2, -0.15) is 0 Å². The lowest BCUT2D eigenvalue weighted by molar-refractivity contribution is -0.0505. The molecule has 8 heavy (non-hydrogen) atoms. The minimum absolute atomic E-state index is 0. The van der Waals surface area contributed by atoms with Crippen LogP contribution in [0.1, 0.15) is 19.3 Å². The molecule has 2 bridgehead atoms. The van der Waals surface area contributed by atoms with Crippen LogP contribution < -0.4 is 11.3 Å². The molecule has 3 rings (SSSR count). The number of nitrogens with two attached hydrogens (primary N) is 1. The molecular weight excluding hydrogens is 124 g/mol. The van der Waals surface area contributed by atoms with E-state index in [1.807, 2.05) is 0 Å². The van der Waals surface area contributed by atoms with Gasteiger partial charge in [-0.3, -0.25) is 11.3 Å². The van der Waals surface area contributed by atoms with E-state index in [1.165, 1.54) is 19.3 Å². The van der Waals surface area contributed by atoms with Gasteiger partial charge in [-0.1, -0.05) is 0 Å². The highest BCUT2D eigenvalue weighted by molar-refractivity contribution is 5.85. The first-order chi connectivity index (χ1) is 3.35. The van der Waals surface area contributed by atoms with E-state index in [9.17, 15) is 0 Å². The van der Waals surface area contributed by atoms with Gasteiger partial charge in [0, 0.05) is 5.54 Å². The number of hydrazine groups is 1. The average Bonchev–Trinajstić information content (AvgIpc) is 1.25. The molecule has 3 aliphatic carbocycles. The van der Waals surface area contributed by atoms with Gasteiger partial charge in [-0.25, -0.2) is 0 Å². The summed E-state index contributed by atoms with van der Waals surface area (Å²) in [4.78, 5) is 0. The first-order valence-electron chi connectivity index (χ1n) is 2.82. The van der Waals surface area contributed by atoms with Crippen molar-refractivity contribution in [3.05, 3.63) is 0 Å². The van der Waals surface area contributed by atoms with Crippen molar-refractivity contribution in [3.63, 3.8) is 0 Å². The van der Waals surface area contributed by atoms with Gasteiger partial charge in [0.15, 0.2) is 0 Å². The van der Waals surface area contributed by atoms with Gasteiger partial charge in [-0.05, 0) is 25.2 Å². The van der Waals surface area contributed by atoms with Crippen molar-refractivity contribution in [1.29, 1.82) is 0 Å². The third-order valence-electron chi connectivity index (χ3n) is 2.34. The maximum absolute atomic E-state index is 5.26. The summed E-state index contributed by atoms with van der Waals surface area (Å²) < 4.78 is 0. The molecule has 0 aromatic rings. The summed E-state index contributed by atoms with van der Waals surface area (Å²) in [5.74, 6) is 6.29. The standard InChI is InChI=1S/C5H10N2.ClH/c6-7-5-1-4(2-5)3-5;/h4,7H,1-3,6H2;1H. The van der Waals surface area contributed by atoms with Crippen LogP contribution in [-0.2, 0) is 0 Å². The molecule has 0 aliphatic heterocycles. The maximum Gasteiger partial charge on any atom is 0.0329 e. The van der Waals surface area contributed by atoms with Crippen molar-refractivity contribution in [3.8, 4) is 0 Å². The first-order valence-corrected chi connectivity index (χ1v) is 2.82. The molecule has 3 fully saturated rings. The van der Waals surface area contributed by atoms with Crippen molar-refractivity contribution in [2.24, 2.45) is 11.8 Å². The molecular formula is C5H11ClN2. The van der Waals surface area contributed by atoms with Crippen LogP contribution in [0.4, 0.5) is 0 Å². The summed E-state index contributed by atoms with van der Waals surface area (Å²) in [5, 5.41) is 0. The number of rotatable bonds is 1. The monoisotopic (exact) mass is 134 g/mol. The first kappa shape index (κ1) is 6.33. The van der Waals surface area contributed by atoms with Gasteiger partial charge in [0.1, 0.15) is 0 Å². The molecule has 0 aromatic carbocycles. The largest absolute Gasteiger partial charge is 0.271 e. The number of halogens is 1. The fourth-order valence-electron chi connectivity index (χ4n) is 1.66. The Balaban J connectivity index is 0.000000320. The molecule has 3 heteroatoms. The fraction of sp³-hybridized carbons (Fsp3) is 1.00. The van der Waals surface area contributed by atoms with Crippen molar-refractivity contribution >= 4 is 12.4 Å². The van der Waals surface area contributed by atoms with Crippen LogP contribution in [0.3, 0.4) is 0 Å². The molecule has 3 aliphatic rings. The van der Waals surface area contributed by atoms with Crippen LogP contribution in [0.2, 0.25) is 0 Å². The Bertz CT molecular complexity index is 81.6. The second-order valence-corrected chi connectivity index (χ2v) is 2.90. The Morgan fingerprint density at radius 2 is 1.88 bits per heavy atom. The quantitative estimate of drug-likeness (QED) is 0.403. The molecule has 0 atom stereocenters. The SMILES string of the molecule is Cl.NNC12CC(C1)C2. The Labute approximate surface area is 55.2 Å². The van der Waals surface area contributed by atoms with Crippen molar-refractivity contribution in [1.82, 2.24) is 5.43 Å². The van der Waals surface area contributed by atoms with E-state index < -0.39 is 0 Å². The number of nitrogens with one attached hydrogen (secondary N) is 1. The third kappa shape index (κ3) is 0.508. The lowest BCUT2D eigenvalue weighted by atomic mass is 9.50. The van der Waals surface area contributed by atoms with E-state index in [1.54, 1.807) is 0 Å². The molecule has 0 spiro atoms. The second kappa shape index (κ2) is 1.59. The van der Waals surface area contributed by atoms with Gasteiger partial charge in [-0.15, -0.1) is 12.4 Å². The zero-order valence-corrected chi connectivity index (χ0v) is 5.50. The Hall–Kier alpha value is 0.210. The minimum atomic E-state index is 0. The normalized spacial score (nSPS) is 48.4. The van der Waals surface area contributed by atoms with Crippen LogP contribution in [0.25, 0.3) is 0 Å². The van der Waals surface area contributed by atoms with Gasteiger partial charge in [0.2, 0.25) is 0 Å². The summed E-state index contributed by atoms with van der Waals surface area (Å²) >= 11 is 0. The molecule has 0 radical (unpaired) electrons. The molecule has 0 aromatic heterocycles. The number of hydrogen-bond acceptors (Lipinski definition) is 2. The zero-order chi connectivity index (χ0) is 4.91. The van der Waals surface area contributed by atoms with E-state index in [2.05, 4.69) is 5.43 Å². The van der Waals surface area contributed by atoms with E-state index in [4.69, 9.17) is 5.84 Å². The van der Waals surface area contributed by atoms with Crippen LogP contribution in [0, 0.1) is 5.92 Å². The van der Waals surface area contributed by atoms with Crippen molar-refractivity contribution < 1.29 is 0 Å². The molecule has 2 nitrogen and oxygen atoms in total. The Kier molecular flexibility index (Phi) is 1.26. The zero-order valence-electron chi connectivity index (χ0n) is 4.68. The predicted octanol–water partition coefficient (Wildman–Crippen LogP) is 0.424. The summed E-state index contributed by atoms with van der Waals surface area (Å²) in [7, 11) is 0. The molecule has 3 saturated carbocycles. The van der Waals surface area contributed by atoms with Gasteiger partial charge >= 0.3 is 0 Å². The summed E-state index contributed by atoms with van der Waals surface area (Å²) in [5.41, 5.74) is 3.28. The summed E-state index contributed by atoms with van der Waals surface area (Å²) in [6, 6.07) is 0. The van der Waals surface area contributed by atoms with Crippen LogP contribution in [0.5, 0.6) is 0 Å². The highest BCUT2D eigenvalue weighted by Crippen LogP contribution is 2.56. The molecule has 0 amide bonds. The van der Waals surface area contributed by atoms with E-state index in [0.717, 1.165) is 5.92 Å².